The minimum absolute atomic E-state index is 0.238. The van der Waals surface area contributed by atoms with E-state index >= 15 is 0 Å². The van der Waals surface area contributed by atoms with Crippen LogP contribution < -0.4 is 4.74 Å². The first-order valence-electron chi connectivity index (χ1n) is 11.7. The highest BCUT2D eigenvalue weighted by Crippen LogP contribution is 2.30. The zero-order valence-electron chi connectivity index (χ0n) is 19.4. The average Bonchev–Trinajstić information content (AvgIpc) is 2.85. The van der Waals surface area contributed by atoms with Crippen LogP contribution in [0.25, 0.3) is 0 Å². The fourth-order valence-corrected chi connectivity index (χ4v) is 4.15. The van der Waals surface area contributed by atoms with Crippen molar-refractivity contribution in [3.05, 3.63) is 101 Å². The maximum atomic E-state index is 13.2. The van der Waals surface area contributed by atoms with E-state index in [-0.39, 0.29) is 12.4 Å². The van der Waals surface area contributed by atoms with Crippen molar-refractivity contribution < 1.29 is 27.4 Å². The van der Waals surface area contributed by atoms with Crippen LogP contribution in [0, 0.1) is 0 Å². The van der Waals surface area contributed by atoms with Crippen LogP contribution in [0.15, 0.2) is 72.8 Å². The van der Waals surface area contributed by atoms with Gasteiger partial charge in [-0.2, -0.15) is 13.2 Å². The Morgan fingerprint density at radius 1 is 0.886 bits per heavy atom. The summed E-state index contributed by atoms with van der Waals surface area (Å²) in [6.07, 6.45) is -2.59. The molecule has 0 saturated heterocycles. The molecule has 0 saturated carbocycles. The molecular weight excluding hydrogens is 455 g/mol. The van der Waals surface area contributed by atoms with Crippen LogP contribution in [-0.2, 0) is 41.7 Å². The first kappa shape index (κ1) is 24.8. The van der Waals surface area contributed by atoms with Gasteiger partial charge in [0, 0.05) is 19.6 Å². The molecular formula is C28H28F3NO3. The predicted molar refractivity (Wildman–Crippen MR) is 127 cm³/mol. The third kappa shape index (κ3) is 7.33. The molecule has 3 aromatic rings. The Hall–Kier alpha value is -3.32. The molecule has 0 amide bonds. The molecule has 184 valence electrons. The van der Waals surface area contributed by atoms with Crippen LogP contribution in [0.2, 0.25) is 0 Å². The Morgan fingerprint density at radius 2 is 1.69 bits per heavy atom. The lowest BCUT2D eigenvalue weighted by Crippen LogP contribution is -2.28. The molecule has 1 aliphatic rings. The first-order chi connectivity index (χ1) is 16.9. The van der Waals surface area contributed by atoms with Crippen molar-refractivity contribution in [3.8, 4) is 5.75 Å². The SMILES string of the molecule is O=C1Cc2cc(OCCCN(CCc3ccccc3)Cc3cccc(C(F)(F)F)c3)ccc2CO1. The molecule has 3 aromatic carbocycles. The molecule has 0 aromatic heterocycles. The van der Waals surface area contributed by atoms with Crippen molar-refractivity contribution in [2.75, 3.05) is 19.7 Å². The number of nitrogens with zero attached hydrogens (tertiary/aromatic N) is 1. The summed E-state index contributed by atoms with van der Waals surface area (Å²) >= 11 is 0. The Bertz CT molecular complexity index is 1130. The second-order valence-corrected chi connectivity index (χ2v) is 8.68. The normalized spacial score (nSPS) is 13.4. The third-order valence-electron chi connectivity index (χ3n) is 6.01. The van der Waals surface area contributed by atoms with Crippen molar-refractivity contribution in [1.29, 1.82) is 0 Å². The summed E-state index contributed by atoms with van der Waals surface area (Å²) in [6, 6.07) is 21.2. The second-order valence-electron chi connectivity index (χ2n) is 8.68. The third-order valence-corrected chi connectivity index (χ3v) is 6.01. The number of ether oxygens (including phenoxy) is 2. The van der Waals surface area contributed by atoms with Gasteiger partial charge in [0.25, 0.3) is 0 Å². The fraction of sp³-hybridized carbons (Fsp3) is 0.321. The van der Waals surface area contributed by atoms with E-state index in [0.29, 0.717) is 44.0 Å². The number of fused-ring (bicyclic) bond motifs is 1. The van der Waals surface area contributed by atoms with Gasteiger partial charge in [-0.05, 0) is 53.3 Å². The summed E-state index contributed by atoms with van der Waals surface area (Å²) in [5.41, 5.74) is 3.11. The fourth-order valence-electron chi connectivity index (χ4n) is 4.15. The Labute approximate surface area is 203 Å². The van der Waals surface area contributed by atoms with Gasteiger partial charge in [0.2, 0.25) is 0 Å². The van der Waals surface area contributed by atoms with E-state index in [1.54, 1.807) is 6.07 Å². The summed E-state index contributed by atoms with van der Waals surface area (Å²) < 4.78 is 50.4. The van der Waals surface area contributed by atoms with Gasteiger partial charge in [0.05, 0.1) is 18.6 Å². The number of carbonyl (C=O) groups is 1. The number of cyclic esters (lactones) is 1. The number of benzene rings is 3. The van der Waals surface area contributed by atoms with Crippen LogP contribution >= 0.6 is 0 Å². The summed E-state index contributed by atoms with van der Waals surface area (Å²) in [6.45, 7) is 2.59. The number of carbonyl (C=O) groups excluding carboxylic acids is 1. The van der Waals surface area contributed by atoms with Crippen molar-refractivity contribution in [2.24, 2.45) is 0 Å². The highest BCUT2D eigenvalue weighted by atomic mass is 19.4. The largest absolute Gasteiger partial charge is 0.494 e. The summed E-state index contributed by atoms with van der Waals surface area (Å²) in [4.78, 5) is 13.7. The molecule has 1 heterocycles. The topological polar surface area (TPSA) is 38.8 Å². The van der Waals surface area contributed by atoms with Gasteiger partial charge in [-0.3, -0.25) is 9.69 Å². The van der Waals surface area contributed by atoms with E-state index in [1.165, 1.54) is 17.7 Å². The lowest BCUT2D eigenvalue weighted by Gasteiger charge is -2.23. The number of alkyl halides is 3. The first-order valence-corrected chi connectivity index (χ1v) is 11.7. The van der Waals surface area contributed by atoms with Crippen LogP contribution in [0.3, 0.4) is 0 Å². The van der Waals surface area contributed by atoms with Crippen molar-refractivity contribution in [1.82, 2.24) is 4.90 Å². The van der Waals surface area contributed by atoms with Gasteiger partial charge in [0.1, 0.15) is 12.4 Å². The molecule has 7 heteroatoms. The van der Waals surface area contributed by atoms with Crippen LogP contribution in [0.1, 0.15) is 34.2 Å². The zero-order chi connectivity index (χ0) is 24.7. The molecule has 0 bridgehead atoms. The van der Waals surface area contributed by atoms with Crippen LogP contribution in [0.5, 0.6) is 5.75 Å². The highest BCUT2D eigenvalue weighted by molar-refractivity contribution is 5.74. The molecule has 0 N–H and O–H groups in total. The van der Waals surface area contributed by atoms with Crippen molar-refractivity contribution in [3.63, 3.8) is 0 Å². The van der Waals surface area contributed by atoms with Gasteiger partial charge in [-0.25, -0.2) is 0 Å². The average molecular weight is 484 g/mol. The molecule has 35 heavy (non-hydrogen) atoms. The van der Waals surface area contributed by atoms with Gasteiger partial charge in [-0.1, -0.05) is 54.6 Å². The van der Waals surface area contributed by atoms with Gasteiger partial charge >= 0.3 is 12.1 Å². The molecule has 0 aliphatic carbocycles. The van der Waals surface area contributed by atoms with E-state index in [2.05, 4.69) is 17.0 Å². The molecule has 4 nitrogen and oxygen atoms in total. The van der Waals surface area contributed by atoms with E-state index in [0.717, 1.165) is 30.2 Å². The van der Waals surface area contributed by atoms with E-state index in [9.17, 15) is 18.0 Å². The van der Waals surface area contributed by atoms with Gasteiger partial charge in [-0.15, -0.1) is 0 Å². The number of esters is 1. The number of rotatable bonds is 10. The standard InChI is InChI=1S/C28H28F3NO3/c29-28(30,31)25-9-4-8-22(16-25)19-32(14-12-21-6-2-1-3-7-21)13-5-15-34-26-11-10-23-20-35-27(33)18-24(23)17-26/h1-4,6-11,16-17H,5,12-15,18-20H2. The molecule has 0 unspecified atom stereocenters. The number of hydrogen-bond donors (Lipinski definition) is 0. The quantitative estimate of drug-likeness (QED) is 0.269. The summed E-state index contributed by atoms with van der Waals surface area (Å²) in [5, 5.41) is 0. The molecule has 0 fully saturated rings. The van der Waals surface area contributed by atoms with E-state index < -0.39 is 11.7 Å². The summed E-state index contributed by atoms with van der Waals surface area (Å²) in [7, 11) is 0. The molecule has 0 atom stereocenters. The Kier molecular flexibility index (Phi) is 8.08. The van der Waals surface area contributed by atoms with Crippen LogP contribution in [-0.4, -0.2) is 30.6 Å². The smallest absolute Gasteiger partial charge is 0.416 e. The maximum absolute atomic E-state index is 13.2. The Morgan fingerprint density at radius 3 is 2.49 bits per heavy atom. The lowest BCUT2D eigenvalue weighted by molar-refractivity contribution is -0.145. The summed E-state index contributed by atoms with van der Waals surface area (Å²) in [5.74, 6) is 0.463. The van der Waals surface area contributed by atoms with Crippen LogP contribution in [0.4, 0.5) is 13.2 Å². The van der Waals surface area contributed by atoms with E-state index in [4.69, 9.17) is 9.47 Å². The van der Waals surface area contributed by atoms with Gasteiger partial charge in [0.15, 0.2) is 0 Å². The maximum Gasteiger partial charge on any atom is 0.416 e. The molecule has 4 rings (SSSR count). The zero-order valence-corrected chi connectivity index (χ0v) is 19.4. The van der Waals surface area contributed by atoms with Crippen molar-refractivity contribution >= 4 is 5.97 Å². The molecule has 0 radical (unpaired) electrons. The number of hydrogen-bond acceptors (Lipinski definition) is 4. The minimum Gasteiger partial charge on any atom is -0.494 e. The minimum atomic E-state index is -4.36. The monoisotopic (exact) mass is 483 g/mol. The molecule has 0 spiro atoms. The second kappa shape index (κ2) is 11.4. The molecule has 1 aliphatic heterocycles. The highest BCUT2D eigenvalue weighted by Gasteiger charge is 2.30. The van der Waals surface area contributed by atoms with Gasteiger partial charge < -0.3 is 9.47 Å². The predicted octanol–water partition coefficient (Wildman–Crippen LogP) is 5.82. The Balaban J connectivity index is 1.35. The van der Waals surface area contributed by atoms with E-state index in [1.807, 2.05) is 36.4 Å². The van der Waals surface area contributed by atoms with Crippen molar-refractivity contribution in [2.45, 2.75) is 38.6 Å². The lowest BCUT2D eigenvalue weighted by atomic mass is 10.0. The number of halogens is 3.